The van der Waals surface area contributed by atoms with Crippen LogP contribution in [-0.4, -0.2) is 17.0 Å². The van der Waals surface area contributed by atoms with Crippen LogP contribution in [-0.2, 0) is 16.0 Å². The summed E-state index contributed by atoms with van der Waals surface area (Å²) in [5, 5.41) is 11.9. The number of aliphatic carboxylic acids is 1. The first kappa shape index (κ1) is 14.5. The molecule has 4 nitrogen and oxygen atoms in total. The van der Waals surface area contributed by atoms with Crippen LogP contribution in [0, 0.1) is 6.92 Å². The Labute approximate surface area is 111 Å². The van der Waals surface area contributed by atoms with E-state index in [1.165, 1.54) is 6.92 Å². The van der Waals surface area contributed by atoms with Gasteiger partial charge < -0.3 is 10.4 Å². The molecular weight excluding hydrogens is 254 g/mol. The van der Waals surface area contributed by atoms with E-state index in [2.05, 4.69) is 5.32 Å². The third kappa shape index (κ3) is 4.37. The maximum atomic E-state index is 11.0. The Bertz CT molecular complexity index is 472. The predicted molar refractivity (Wildman–Crippen MR) is 71.1 cm³/mol. The molecule has 0 spiro atoms. The fourth-order valence-electron chi connectivity index (χ4n) is 1.70. The molecular formula is C13H16ClNO3. The Morgan fingerprint density at radius 3 is 2.61 bits per heavy atom. The molecule has 0 aliphatic rings. The maximum Gasteiger partial charge on any atom is 0.303 e. The molecule has 5 heteroatoms. The van der Waals surface area contributed by atoms with E-state index in [1.807, 2.05) is 13.0 Å². The number of hydrogen-bond donors (Lipinski definition) is 2. The van der Waals surface area contributed by atoms with E-state index in [0.717, 1.165) is 11.1 Å². The van der Waals surface area contributed by atoms with Gasteiger partial charge in [-0.2, -0.15) is 0 Å². The first-order valence-corrected chi connectivity index (χ1v) is 6.06. The van der Waals surface area contributed by atoms with Gasteiger partial charge in [0.2, 0.25) is 5.91 Å². The number of carbonyl (C=O) groups excluding carboxylic acids is 1. The molecule has 0 saturated heterocycles. The van der Waals surface area contributed by atoms with Crippen LogP contribution < -0.4 is 5.32 Å². The van der Waals surface area contributed by atoms with E-state index in [1.54, 1.807) is 6.07 Å². The van der Waals surface area contributed by atoms with Crippen LogP contribution in [0.4, 0.5) is 5.69 Å². The standard InChI is InChI=1S/C13H16ClNO3/c1-8-10(4-3-5-13(17)18)6-11(7-12(8)14)15-9(2)16/h6-7H,3-5H2,1-2H3,(H,15,16)(H,17,18). The smallest absolute Gasteiger partial charge is 0.303 e. The molecule has 0 heterocycles. The van der Waals surface area contributed by atoms with Gasteiger partial charge in [0.25, 0.3) is 0 Å². The van der Waals surface area contributed by atoms with Crippen molar-refractivity contribution in [2.75, 3.05) is 5.32 Å². The highest BCUT2D eigenvalue weighted by Crippen LogP contribution is 2.26. The second-order valence-electron chi connectivity index (χ2n) is 4.17. The summed E-state index contributed by atoms with van der Waals surface area (Å²) in [6.45, 7) is 3.31. The van der Waals surface area contributed by atoms with Crippen molar-refractivity contribution in [3.63, 3.8) is 0 Å². The molecule has 18 heavy (non-hydrogen) atoms. The summed E-state index contributed by atoms with van der Waals surface area (Å²) in [5.41, 5.74) is 2.53. The summed E-state index contributed by atoms with van der Waals surface area (Å²) >= 11 is 6.08. The van der Waals surface area contributed by atoms with Crippen molar-refractivity contribution in [3.05, 3.63) is 28.3 Å². The fraction of sp³-hybridized carbons (Fsp3) is 0.385. The van der Waals surface area contributed by atoms with E-state index < -0.39 is 5.97 Å². The third-order valence-electron chi connectivity index (χ3n) is 2.61. The van der Waals surface area contributed by atoms with Gasteiger partial charge in [-0.05, 0) is 43.0 Å². The second-order valence-corrected chi connectivity index (χ2v) is 4.58. The molecule has 0 bridgehead atoms. The van der Waals surface area contributed by atoms with Crippen molar-refractivity contribution in [3.8, 4) is 0 Å². The number of aryl methyl sites for hydroxylation is 1. The number of halogens is 1. The van der Waals surface area contributed by atoms with Gasteiger partial charge in [0.1, 0.15) is 0 Å². The quantitative estimate of drug-likeness (QED) is 0.863. The monoisotopic (exact) mass is 269 g/mol. The highest BCUT2D eigenvalue weighted by molar-refractivity contribution is 6.31. The number of hydrogen-bond acceptors (Lipinski definition) is 2. The van der Waals surface area contributed by atoms with E-state index >= 15 is 0 Å². The number of carboxylic acids is 1. The van der Waals surface area contributed by atoms with Crippen LogP contribution >= 0.6 is 11.6 Å². The molecule has 0 saturated carbocycles. The maximum absolute atomic E-state index is 11.0. The van der Waals surface area contributed by atoms with Crippen molar-refractivity contribution in [2.45, 2.75) is 33.1 Å². The van der Waals surface area contributed by atoms with Crippen molar-refractivity contribution < 1.29 is 14.7 Å². The summed E-state index contributed by atoms with van der Waals surface area (Å²) in [7, 11) is 0. The van der Waals surface area contributed by atoms with Crippen molar-refractivity contribution in [1.29, 1.82) is 0 Å². The van der Waals surface area contributed by atoms with Gasteiger partial charge in [0.15, 0.2) is 0 Å². The average Bonchev–Trinajstić information content (AvgIpc) is 2.23. The molecule has 0 radical (unpaired) electrons. The lowest BCUT2D eigenvalue weighted by Crippen LogP contribution is -2.07. The molecule has 0 unspecified atom stereocenters. The minimum absolute atomic E-state index is 0.126. The Morgan fingerprint density at radius 2 is 2.06 bits per heavy atom. The van der Waals surface area contributed by atoms with Gasteiger partial charge in [-0.25, -0.2) is 0 Å². The summed E-state index contributed by atoms with van der Waals surface area (Å²) < 4.78 is 0. The highest BCUT2D eigenvalue weighted by Gasteiger charge is 2.07. The van der Waals surface area contributed by atoms with Gasteiger partial charge in [0.05, 0.1) is 0 Å². The summed E-state index contributed by atoms with van der Waals surface area (Å²) in [5.74, 6) is -0.969. The molecule has 0 aromatic heterocycles. The highest BCUT2D eigenvalue weighted by atomic mass is 35.5. The van der Waals surface area contributed by atoms with Crippen LogP contribution in [0.1, 0.15) is 30.9 Å². The molecule has 1 amide bonds. The fourth-order valence-corrected chi connectivity index (χ4v) is 1.94. The molecule has 2 N–H and O–H groups in total. The van der Waals surface area contributed by atoms with Crippen LogP contribution in [0.2, 0.25) is 5.02 Å². The second kappa shape index (κ2) is 6.40. The Hall–Kier alpha value is -1.55. The first-order valence-electron chi connectivity index (χ1n) is 5.68. The van der Waals surface area contributed by atoms with Crippen molar-refractivity contribution in [1.82, 2.24) is 0 Å². The molecule has 1 aromatic rings. The normalized spacial score (nSPS) is 10.2. The SMILES string of the molecule is CC(=O)Nc1cc(Cl)c(C)c(CCCC(=O)O)c1. The molecule has 0 aliphatic carbocycles. The third-order valence-corrected chi connectivity index (χ3v) is 3.00. The number of rotatable bonds is 5. The predicted octanol–water partition coefficient (Wildman–Crippen LogP) is 3.01. The largest absolute Gasteiger partial charge is 0.481 e. The number of benzene rings is 1. The number of carboxylic acid groups (broad SMARTS) is 1. The molecule has 1 aromatic carbocycles. The molecule has 1 rings (SSSR count). The van der Waals surface area contributed by atoms with Gasteiger partial charge in [0, 0.05) is 24.1 Å². The minimum atomic E-state index is -0.809. The number of anilines is 1. The Balaban J connectivity index is 2.84. The van der Waals surface area contributed by atoms with E-state index in [-0.39, 0.29) is 12.3 Å². The zero-order valence-corrected chi connectivity index (χ0v) is 11.2. The topological polar surface area (TPSA) is 66.4 Å². The van der Waals surface area contributed by atoms with Crippen LogP contribution in [0.5, 0.6) is 0 Å². The number of nitrogens with one attached hydrogen (secondary N) is 1. The van der Waals surface area contributed by atoms with E-state index in [4.69, 9.17) is 16.7 Å². The summed E-state index contributed by atoms with van der Waals surface area (Å²) in [6.07, 6.45) is 1.31. The van der Waals surface area contributed by atoms with Crippen molar-refractivity contribution >= 4 is 29.2 Å². The minimum Gasteiger partial charge on any atom is -0.481 e. The number of amides is 1. The average molecular weight is 270 g/mol. The summed E-state index contributed by atoms with van der Waals surface area (Å²) in [4.78, 5) is 21.5. The lowest BCUT2D eigenvalue weighted by molar-refractivity contribution is -0.137. The zero-order chi connectivity index (χ0) is 13.7. The molecule has 0 aliphatic heterocycles. The van der Waals surface area contributed by atoms with Gasteiger partial charge >= 0.3 is 5.97 Å². The van der Waals surface area contributed by atoms with Crippen molar-refractivity contribution in [2.24, 2.45) is 0 Å². The first-order chi connectivity index (χ1) is 8.40. The van der Waals surface area contributed by atoms with Crippen LogP contribution in [0.3, 0.4) is 0 Å². The summed E-state index contributed by atoms with van der Waals surface area (Å²) in [6, 6.07) is 3.53. The molecule has 0 atom stereocenters. The zero-order valence-electron chi connectivity index (χ0n) is 10.4. The van der Waals surface area contributed by atoms with E-state index in [9.17, 15) is 9.59 Å². The lowest BCUT2D eigenvalue weighted by atomic mass is 10.0. The Kier molecular flexibility index (Phi) is 5.16. The number of carbonyl (C=O) groups is 2. The molecule has 98 valence electrons. The van der Waals surface area contributed by atoms with Crippen LogP contribution in [0.25, 0.3) is 0 Å². The molecule has 0 fully saturated rings. The Morgan fingerprint density at radius 1 is 1.39 bits per heavy atom. The van der Waals surface area contributed by atoms with Gasteiger partial charge in [-0.3, -0.25) is 9.59 Å². The lowest BCUT2D eigenvalue weighted by Gasteiger charge is -2.11. The van der Waals surface area contributed by atoms with E-state index in [0.29, 0.717) is 23.6 Å². The van der Waals surface area contributed by atoms with Gasteiger partial charge in [-0.1, -0.05) is 11.6 Å². The van der Waals surface area contributed by atoms with Gasteiger partial charge in [-0.15, -0.1) is 0 Å². The van der Waals surface area contributed by atoms with Crippen LogP contribution in [0.15, 0.2) is 12.1 Å².